The summed E-state index contributed by atoms with van der Waals surface area (Å²) in [5.74, 6) is 1.21. The maximum absolute atomic E-state index is 5.64. The van der Waals surface area contributed by atoms with Crippen LogP contribution in [0.15, 0.2) is 0 Å². The van der Waals surface area contributed by atoms with Gasteiger partial charge in [0.1, 0.15) is 0 Å². The first kappa shape index (κ1) is 11.3. The molecule has 2 nitrogen and oxygen atoms in total. The molecule has 0 aromatic heterocycles. The Hall–Kier alpha value is 0.270. The minimum Gasteiger partial charge on any atom is -0.329 e. The summed E-state index contributed by atoms with van der Waals surface area (Å²) < 4.78 is 0. The van der Waals surface area contributed by atoms with Gasteiger partial charge in [-0.2, -0.15) is 11.8 Å². The predicted octanol–water partition coefficient (Wildman–Crippen LogP) is 1.02. The SMILES string of the molecule is CCN(C)C(CN)CCSC. The lowest BCUT2D eigenvalue weighted by atomic mass is 10.2. The minimum absolute atomic E-state index is 0.576. The van der Waals surface area contributed by atoms with Crippen molar-refractivity contribution in [2.75, 3.05) is 32.1 Å². The zero-order valence-corrected chi connectivity index (χ0v) is 8.66. The first-order valence-electron chi connectivity index (χ1n) is 4.15. The molecular weight excluding hydrogens is 156 g/mol. The zero-order chi connectivity index (χ0) is 8.69. The van der Waals surface area contributed by atoms with E-state index >= 15 is 0 Å². The Morgan fingerprint density at radius 3 is 2.55 bits per heavy atom. The van der Waals surface area contributed by atoms with Crippen molar-refractivity contribution in [3.05, 3.63) is 0 Å². The lowest BCUT2D eigenvalue weighted by Gasteiger charge is -2.25. The van der Waals surface area contributed by atoms with Crippen molar-refractivity contribution in [1.82, 2.24) is 4.90 Å². The number of rotatable bonds is 6. The summed E-state index contributed by atoms with van der Waals surface area (Å²) in [7, 11) is 2.14. The normalized spacial score (nSPS) is 13.9. The average Bonchev–Trinajstić information content (AvgIpc) is 2.05. The summed E-state index contributed by atoms with van der Waals surface area (Å²) in [5, 5.41) is 0. The summed E-state index contributed by atoms with van der Waals surface area (Å²) >= 11 is 1.89. The van der Waals surface area contributed by atoms with Gasteiger partial charge < -0.3 is 10.6 Å². The largest absolute Gasteiger partial charge is 0.329 e. The topological polar surface area (TPSA) is 29.3 Å². The highest BCUT2D eigenvalue weighted by atomic mass is 32.2. The van der Waals surface area contributed by atoms with Crippen LogP contribution < -0.4 is 5.73 Å². The quantitative estimate of drug-likeness (QED) is 0.655. The standard InChI is InChI=1S/C8H20N2S/c1-4-10(2)8(7-9)5-6-11-3/h8H,4-7,9H2,1-3H3. The van der Waals surface area contributed by atoms with Crippen LogP contribution in [0, 0.1) is 0 Å². The van der Waals surface area contributed by atoms with Crippen molar-refractivity contribution in [1.29, 1.82) is 0 Å². The van der Waals surface area contributed by atoms with Gasteiger partial charge in [0, 0.05) is 12.6 Å². The predicted molar refractivity (Wildman–Crippen MR) is 54.1 cm³/mol. The number of likely N-dealkylation sites (N-methyl/N-ethyl adjacent to an activating group) is 1. The Balaban J connectivity index is 3.56. The second kappa shape index (κ2) is 6.95. The zero-order valence-electron chi connectivity index (χ0n) is 7.84. The maximum Gasteiger partial charge on any atom is 0.0223 e. The van der Waals surface area contributed by atoms with Crippen LogP contribution in [0.1, 0.15) is 13.3 Å². The summed E-state index contributed by atoms with van der Waals surface area (Å²) in [6, 6.07) is 0.576. The number of nitrogens with zero attached hydrogens (tertiary/aromatic N) is 1. The molecule has 0 amide bonds. The first-order valence-corrected chi connectivity index (χ1v) is 5.54. The Bertz CT molecular complexity index is 88.2. The highest BCUT2D eigenvalue weighted by Crippen LogP contribution is 2.04. The van der Waals surface area contributed by atoms with Crippen molar-refractivity contribution in [3.63, 3.8) is 0 Å². The molecule has 3 heteroatoms. The Morgan fingerprint density at radius 1 is 1.55 bits per heavy atom. The van der Waals surface area contributed by atoms with E-state index in [1.807, 2.05) is 11.8 Å². The molecule has 0 saturated heterocycles. The molecular formula is C8H20N2S. The van der Waals surface area contributed by atoms with Crippen molar-refractivity contribution < 1.29 is 0 Å². The van der Waals surface area contributed by atoms with E-state index in [4.69, 9.17) is 5.73 Å². The van der Waals surface area contributed by atoms with Crippen molar-refractivity contribution in [3.8, 4) is 0 Å². The Labute approximate surface area is 74.5 Å². The van der Waals surface area contributed by atoms with E-state index in [0.29, 0.717) is 6.04 Å². The molecule has 0 aromatic rings. The molecule has 1 atom stereocenters. The molecule has 1 unspecified atom stereocenters. The van der Waals surface area contributed by atoms with E-state index in [1.54, 1.807) is 0 Å². The summed E-state index contributed by atoms with van der Waals surface area (Å²) in [6.45, 7) is 4.04. The molecule has 0 spiro atoms. The smallest absolute Gasteiger partial charge is 0.0223 e. The Morgan fingerprint density at radius 2 is 2.18 bits per heavy atom. The molecule has 68 valence electrons. The molecule has 0 fully saturated rings. The van der Waals surface area contributed by atoms with Crippen molar-refractivity contribution in [2.45, 2.75) is 19.4 Å². The van der Waals surface area contributed by atoms with Gasteiger partial charge in [-0.3, -0.25) is 0 Å². The van der Waals surface area contributed by atoms with Crippen LogP contribution in [0.2, 0.25) is 0 Å². The van der Waals surface area contributed by atoms with Crippen molar-refractivity contribution >= 4 is 11.8 Å². The Kier molecular flexibility index (Phi) is 7.12. The molecule has 0 aliphatic heterocycles. The fourth-order valence-electron chi connectivity index (χ4n) is 1.03. The highest BCUT2D eigenvalue weighted by Gasteiger charge is 2.09. The van der Waals surface area contributed by atoms with Crippen LogP contribution in [0.5, 0.6) is 0 Å². The van der Waals surface area contributed by atoms with Gasteiger partial charge >= 0.3 is 0 Å². The van der Waals surface area contributed by atoms with Gasteiger partial charge in [-0.05, 0) is 32.0 Å². The monoisotopic (exact) mass is 176 g/mol. The fraction of sp³-hybridized carbons (Fsp3) is 1.00. The average molecular weight is 176 g/mol. The molecule has 0 radical (unpaired) electrons. The summed E-state index contributed by atoms with van der Waals surface area (Å²) in [5.41, 5.74) is 5.64. The molecule has 2 N–H and O–H groups in total. The van der Waals surface area contributed by atoms with E-state index in [-0.39, 0.29) is 0 Å². The van der Waals surface area contributed by atoms with E-state index < -0.39 is 0 Å². The molecule has 0 aromatic carbocycles. The van der Waals surface area contributed by atoms with E-state index in [0.717, 1.165) is 13.1 Å². The number of hydrogen-bond donors (Lipinski definition) is 1. The second-order valence-corrected chi connectivity index (χ2v) is 3.73. The lowest BCUT2D eigenvalue weighted by Crippen LogP contribution is -2.38. The molecule has 0 aliphatic rings. The van der Waals surface area contributed by atoms with Crippen LogP contribution in [-0.2, 0) is 0 Å². The molecule has 11 heavy (non-hydrogen) atoms. The molecule has 0 heterocycles. The number of thioether (sulfide) groups is 1. The number of hydrogen-bond acceptors (Lipinski definition) is 3. The van der Waals surface area contributed by atoms with Gasteiger partial charge in [-0.25, -0.2) is 0 Å². The molecule has 0 aliphatic carbocycles. The van der Waals surface area contributed by atoms with Gasteiger partial charge in [0.2, 0.25) is 0 Å². The molecule has 0 bridgehead atoms. The maximum atomic E-state index is 5.64. The second-order valence-electron chi connectivity index (χ2n) is 2.74. The molecule has 0 rings (SSSR count). The third-order valence-electron chi connectivity index (χ3n) is 2.05. The third kappa shape index (κ3) is 4.67. The van der Waals surface area contributed by atoms with Crippen LogP contribution in [-0.4, -0.2) is 43.1 Å². The summed E-state index contributed by atoms with van der Waals surface area (Å²) in [4.78, 5) is 2.32. The van der Waals surface area contributed by atoms with Crippen LogP contribution in [0.4, 0.5) is 0 Å². The minimum atomic E-state index is 0.576. The lowest BCUT2D eigenvalue weighted by molar-refractivity contribution is 0.254. The summed E-state index contributed by atoms with van der Waals surface area (Å²) in [6.07, 6.45) is 3.35. The van der Waals surface area contributed by atoms with Gasteiger partial charge in [0.25, 0.3) is 0 Å². The van der Waals surface area contributed by atoms with Gasteiger partial charge in [-0.1, -0.05) is 6.92 Å². The van der Waals surface area contributed by atoms with Crippen LogP contribution in [0.3, 0.4) is 0 Å². The third-order valence-corrected chi connectivity index (χ3v) is 2.69. The van der Waals surface area contributed by atoms with Crippen LogP contribution >= 0.6 is 11.8 Å². The van der Waals surface area contributed by atoms with Crippen LogP contribution in [0.25, 0.3) is 0 Å². The van der Waals surface area contributed by atoms with Crippen molar-refractivity contribution in [2.24, 2.45) is 5.73 Å². The van der Waals surface area contributed by atoms with Gasteiger partial charge in [0.05, 0.1) is 0 Å². The number of nitrogens with two attached hydrogens (primary N) is 1. The fourth-order valence-corrected chi connectivity index (χ4v) is 1.54. The van der Waals surface area contributed by atoms with E-state index in [9.17, 15) is 0 Å². The highest BCUT2D eigenvalue weighted by molar-refractivity contribution is 7.98. The van der Waals surface area contributed by atoms with Gasteiger partial charge in [0.15, 0.2) is 0 Å². The first-order chi connectivity index (χ1) is 5.26. The molecule has 0 saturated carbocycles. The van der Waals surface area contributed by atoms with E-state index in [1.165, 1.54) is 12.2 Å². The van der Waals surface area contributed by atoms with E-state index in [2.05, 4.69) is 25.1 Å². The van der Waals surface area contributed by atoms with Gasteiger partial charge in [-0.15, -0.1) is 0 Å².